The predicted molar refractivity (Wildman–Crippen MR) is 72.4 cm³/mol. The van der Waals surface area contributed by atoms with Crippen LogP contribution in [-0.2, 0) is 4.79 Å². The molecule has 1 heterocycles. The zero-order chi connectivity index (χ0) is 12.1. The molecule has 0 saturated heterocycles. The van der Waals surface area contributed by atoms with Gasteiger partial charge in [0, 0.05) is 12.2 Å². The number of carbonyl (C=O) groups is 1. The van der Waals surface area contributed by atoms with Crippen molar-refractivity contribution in [2.45, 2.75) is 19.3 Å². The summed E-state index contributed by atoms with van der Waals surface area (Å²) < 4.78 is 0. The fourth-order valence-corrected chi connectivity index (χ4v) is 2.50. The van der Waals surface area contributed by atoms with Gasteiger partial charge >= 0.3 is 0 Å². The van der Waals surface area contributed by atoms with Gasteiger partial charge in [0.15, 0.2) is 5.17 Å². The lowest BCUT2D eigenvalue weighted by atomic mass is 9.98. The molecule has 1 unspecified atom stereocenters. The third-order valence-electron chi connectivity index (χ3n) is 2.69. The summed E-state index contributed by atoms with van der Waals surface area (Å²) >= 11 is 1.61. The Labute approximate surface area is 106 Å². The average Bonchev–Trinajstić information content (AvgIpc) is 2.82. The Morgan fingerprint density at radius 1 is 1.47 bits per heavy atom. The van der Waals surface area contributed by atoms with Crippen LogP contribution in [0.3, 0.4) is 0 Å². The number of nitrogens with one attached hydrogen (secondary N) is 1. The van der Waals surface area contributed by atoms with Gasteiger partial charge in [0.1, 0.15) is 0 Å². The first-order valence-electron chi connectivity index (χ1n) is 5.78. The van der Waals surface area contributed by atoms with Gasteiger partial charge in [-0.3, -0.25) is 9.79 Å². The van der Waals surface area contributed by atoms with E-state index in [1.165, 1.54) is 5.56 Å². The zero-order valence-electron chi connectivity index (χ0n) is 9.85. The van der Waals surface area contributed by atoms with Crippen LogP contribution < -0.4 is 5.32 Å². The number of benzene rings is 1. The first-order valence-corrected chi connectivity index (χ1v) is 6.76. The van der Waals surface area contributed by atoms with Gasteiger partial charge in [-0.05, 0) is 11.5 Å². The van der Waals surface area contributed by atoms with Crippen molar-refractivity contribution >= 4 is 22.8 Å². The van der Waals surface area contributed by atoms with Gasteiger partial charge in [0.05, 0.1) is 6.54 Å². The molecule has 1 amide bonds. The standard InChI is InChI=1S/C13H16N2OS/c1-10(11-5-3-2-4-6-11)9-12(16)15-13-14-7-8-17-13/h2-6,10H,7-9H2,1H3,(H,14,15,16). The molecule has 0 saturated carbocycles. The summed E-state index contributed by atoms with van der Waals surface area (Å²) in [5, 5.41) is 3.63. The number of amidine groups is 1. The van der Waals surface area contributed by atoms with Crippen molar-refractivity contribution < 1.29 is 4.79 Å². The summed E-state index contributed by atoms with van der Waals surface area (Å²) in [5.74, 6) is 1.27. The number of hydrogen-bond donors (Lipinski definition) is 1. The Hall–Kier alpha value is -1.29. The summed E-state index contributed by atoms with van der Waals surface area (Å²) in [6, 6.07) is 10.1. The second-order valence-electron chi connectivity index (χ2n) is 4.10. The first kappa shape index (κ1) is 12.2. The summed E-state index contributed by atoms with van der Waals surface area (Å²) in [7, 11) is 0. The third kappa shape index (κ3) is 3.60. The number of nitrogens with zero attached hydrogens (tertiary/aromatic N) is 1. The Morgan fingerprint density at radius 3 is 2.88 bits per heavy atom. The van der Waals surface area contributed by atoms with Gasteiger partial charge in [-0.2, -0.15) is 0 Å². The molecule has 1 atom stereocenters. The molecule has 0 fully saturated rings. The topological polar surface area (TPSA) is 41.5 Å². The quantitative estimate of drug-likeness (QED) is 0.892. The van der Waals surface area contributed by atoms with E-state index in [0.29, 0.717) is 6.42 Å². The summed E-state index contributed by atoms with van der Waals surface area (Å²) in [6.45, 7) is 2.88. The Bertz CT molecular complexity index is 417. The van der Waals surface area contributed by atoms with Crippen LogP contribution >= 0.6 is 11.8 Å². The van der Waals surface area contributed by atoms with E-state index in [2.05, 4.69) is 29.4 Å². The van der Waals surface area contributed by atoms with E-state index in [1.54, 1.807) is 11.8 Å². The van der Waals surface area contributed by atoms with Gasteiger partial charge in [0.2, 0.25) is 5.91 Å². The molecule has 0 bridgehead atoms. The van der Waals surface area contributed by atoms with Crippen molar-refractivity contribution in [1.82, 2.24) is 5.32 Å². The zero-order valence-corrected chi connectivity index (χ0v) is 10.7. The summed E-state index contributed by atoms with van der Waals surface area (Å²) in [4.78, 5) is 16.0. The number of thioether (sulfide) groups is 1. The highest BCUT2D eigenvalue weighted by Gasteiger charge is 2.14. The molecule has 90 valence electrons. The molecule has 2 rings (SSSR count). The third-order valence-corrected chi connectivity index (χ3v) is 3.58. The molecule has 17 heavy (non-hydrogen) atoms. The molecule has 1 N–H and O–H groups in total. The van der Waals surface area contributed by atoms with Crippen molar-refractivity contribution in [2.75, 3.05) is 12.3 Å². The van der Waals surface area contributed by atoms with E-state index >= 15 is 0 Å². The van der Waals surface area contributed by atoms with E-state index in [4.69, 9.17) is 0 Å². The molecular formula is C13H16N2OS. The van der Waals surface area contributed by atoms with E-state index in [9.17, 15) is 4.79 Å². The molecule has 4 heteroatoms. The van der Waals surface area contributed by atoms with E-state index in [-0.39, 0.29) is 11.8 Å². The number of hydrogen-bond acceptors (Lipinski definition) is 3. The van der Waals surface area contributed by atoms with Crippen LogP contribution in [0, 0.1) is 0 Å². The smallest absolute Gasteiger partial charge is 0.226 e. The van der Waals surface area contributed by atoms with Crippen molar-refractivity contribution in [3.05, 3.63) is 35.9 Å². The van der Waals surface area contributed by atoms with Crippen LogP contribution in [0.5, 0.6) is 0 Å². The maximum atomic E-state index is 11.8. The van der Waals surface area contributed by atoms with Crippen molar-refractivity contribution in [3.63, 3.8) is 0 Å². The van der Waals surface area contributed by atoms with Gasteiger partial charge < -0.3 is 5.32 Å². The molecule has 1 aliphatic rings. The SMILES string of the molecule is CC(CC(=O)NC1=NCCS1)c1ccccc1. The van der Waals surface area contributed by atoms with Crippen LogP contribution in [0.1, 0.15) is 24.8 Å². The normalized spacial score (nSPS) is 16.4. The number of aliphatic imine (C=N–C) groups is 1. The highest BCUT2D eigenvalue weighted by atomic mass is 32.2. The van der Waals surface area contributed by atoms with Crippen LogP contribution in [0.2, 0.25) is 0 Å². The maximum absolute atomic E-state index is 11.8. The lowest BCUT2D eigenvalue weighted by Gasteiger charge is -2.11. The second kappa shape index (κ2) is 5.87. The van der Waals surface area contributed by atoms with E-state index in [0.717, 1.165) is 17.5 Å². The van der Waals surface area contributed by atoms with Crippen LogP contribution in [0.15, 0.2) is 35.3 Å². The lowest BCUT2D eigenvalue weighted by molar-refractivity contribution is -0.119. The number of carbonyl (C=O) groups excluding carboxylic acids is 1. The Morgan fingerprint density at radius 2 is 2.24 bits per heavy atom. The molecule has 0 spiro atoms. The highest BCUT2D eigenvalue weighted by Crippen LogP contribution is 2.18. The van der Waals surface area contributed by atoms with E-state index in [1.807, 2.05) is 18.2 Å². The molecule has 3 nitrogen and oxygen atoms in total. The number of amides is 1. The molecule has 1 aliphatic heterocycles. The molecule has 0 aromatic heterocycles. The Balaban J connectivity index is 1.86. The van der Waals surface area contributed by atoms with Crippen molar-refractivity contribution in [3.8, 4) is 0 Å². The largest absolute Gasteiger partial charge is 0.305 e. The predicted octanol–water partition coefficient (Wildman–Crippen LogP) is 2.40. The van der Waals surface area contributed by atoms with Gasteiger partial charge in [0.25, 0.3) is 0 Å². The second-order valence-corrected chi connectivity index (χ2v) is 5.18. The lowest BCUT2D eigenvalue weighted by Crippen LogP contribution is -2.28. The monoisotopic (exact) mass is 248 g/mol. The fraction of sp³-hybridized carbons (Fsp3) is 0.385. The molecular weight excluding hydrogens is 232 g/mol. The average molecular weight is 248 g/mol. The number of rotatable bonds is 3. The molecule has 1 aromatic carbocycles. The minimum Gasteiger partial charge on any atom is -0.305 e. The van der Waals surface area contributed by atoms with Crippen LogP contribution in [0.25, 0.3) is 0 Å². The minimum absolute atomic E-state index is 0.0505. The van der Waals surface area contributed by atoms with Crippen LogP contribution in [0.4, 0.5) is 0 Å². The highest BCUT2D eigenvalue weighted by molar-refractivity contribution is 8.14. The van der Waals surface area contributed by atoms with Crippen molar-refractivity contribution in [2.24, 2.45) is 4.99 Å². The van der Waals surface area contributed by atoms with E-state index < -0.39 is 0 Å². The Kier molecular flexibility index (Phi) is 4.20. The molecule has 0 aliphatic carbocycles. The van der Waals surface area contributed by atoms with Crippen molar-refractivity contribution in [1.29, 1.82) is 0 Å². The molecule has 1 aromatic rings. The first-order chi connectivity index (χ1) is 8.25. The summed E-state index contributed by atoms with van der Waals surface area (Å²) in [5.41, 5.74) is 1.20. The summed E-state index contributed by atoms with van der Waals surface area (Å²) in [6.07, 6.45) is 0.504. The molecule has 0 radical (unpaired) electrons. The maximum Gasteiger partial charge on any atom is 0.226 e. The van der Waals surface area contributed by atoms with Gasteiger partial charge in [-0.25, -0.2) is 0 Å². The van der Waals surface area contributed by atoms with Crippen LogP contribution in [-0.4, -0.2) is 23.4 Å². The van der Waals surface area contributed by atoms with Gasteiger partial charge in [-0.1, -0.05) is 49.0 Å². The van der Waals surface area contributed by atoms with Gasteiger partial charge in [-0.15, -0.1) is 0 Å². The minimum atomic E-state index is 0.0505. The fourth-order valence-electron chi connectivity index (χ4n) is 1.76.